The third-order valence-corrected chi connectivity index (χ3v) is 5.70. The van der Waals surface area contributed by atoms with Crippen LogP contribution in [0.4, 0.5) is 0 Å². The average molecular weight is 432 g/mol. The first-order chi connectivity index (χ1) is 15.6. The number of benzene rings is 3. The molecule has 0 saturated heterocycles. The Bertz CT molecular complexity index is 1030. The summed E-state index contributed by atoms with van der Waals surface area (Å²) in [5.74, 6) is 0.686. The first-order valence-electron chi connectivity index (χ1n) is 11.1. The molecule has 1 aliphatic rings. The van der Waals surface area contributed by atoms with Crippen LogP contribution in [0, 0.1) is 0 Å². The van der Waals surface area contributed by atoms with Crippen LogP contribution in [0.3, 0.4) is 0 Å². The van der Waals surface area contributed by atoms with Crippen LogP contribution in [0.15, 0.2) is 72.8 Å². The molecule has 0 spiro atoms. The van der Waals surface area contributed by atoms with Crippen LogP contribution in [0.25, 0.3) is 0 Å². The molecule has 0 radical (unpaired) electrons. The van der Waals surface area contributed by atoms with Crippen molar-refractivity contribution in [3.63, 3.8) is 0 Å². The summed E-state index contributed by atoms with van der Waals surface area (Å²) < 4.78 is 12.0. The average Bonchev–Trinajstić information content (AvgIpc) is 2.83. The molecular weight excluding hydrogens is 402 g/mol. The minimum absolute atomic E-state index is 0.108. The Morgan fingerprint density at radius 3 is 2.19 bits per heavy atom. The molecular formula is C27H29NO4. The lowest BCUT2D eigenvalue weighted by molar-refractivity contribution is 0.0697. The van der Waals surface area contributed by atoms with Gasteiger partial charge in [0.25, 0.3) is 0 Å². The Labute approximate surface area is 189 Å². The van der Waals surface area contributed by atoms with E-state index < -0.39 is 5.97 Å². The second-order valence-corrected chi connectivity index (χ2v) is 8.17. The van der Waals surface area contributed by atoms with E-state index in [9.17, 15) is 4.79 Å². The molecule has 1 heterocycles. The van der Waals surface area contributed by atoms with Crippen LogP contribution in [0.2, 0.25) is 0 Å². The number of aromatic carboxylic acids is 1. The fraction of sp³-hybridized carbons (Fsp3) is 0.296. The van der Waals surface area contributed by atoms with Gasteiger partial charge in [0.1, 0.15) is 6.61 Å². The third kappa shape index (κ3) is 5.48. The van der Waals surface area contributed by atoms with E-state index in [1.807, 2.05) is 36.4 Å². The SMILES string of the molecule is CCCCN(Cc1ccc(C(=O)O)cc1)Cc1ccc([C@H]2COc3ccccc3O2)cc1. The van der Waals surface area contributed by atoms with Crippen LogP contribution >= 0.6 is 0 Å². The standard InChI is InChI=1S/C27H29NO4/c1-2-3-16-28(18-21-10-14-23(15-11-21)27(29)30)17-20-8-12-22(13-9-20)26-19-31-24-6-4-5-7-25(24)32-26/h4-15,26H,2-3,16-19H2,1H3,(H,29,30)/t26-/m1/s1. The van der Waals surface area contributed by atoms with Crippen LogP contribution in [0.1, 0.15) is 52.9 Å². The number of hydrogen-bond donors (Lipinski definition) is 1. The third-order valence-electron chi connectivity index (χ3n) is 5.70. The lowest BCUT2D eigenvalue weighted by atomic mass is 10.1. The summed E-state index contributed by atoms with van der Waals surface area (Å²) in [7, 11) is 0. The molecule has 32 heavy (non-hydrogen) atoms. The normalized spacial score (nSPS) is 15.0. The van der Waals surface area contributed by atoms with Crippen molar-refractivity contribution < 1.29 is 19.4 Å². The largest absolute Gasteiger partial charge is 0.485 e. The van der Waals surface area contributed by atoms with E-state index in [0.29, 0.717) is 12.2 Å². The number of hydrogen-bond acceptors (Lipinski definition) is 4. The number of ether oxygens (including phenoxy) is 2. The van der Waals surface area contributed by atoms with E-state index in [-0.39, 0.29) is 6.10 Å². The number of fused-ring (bicyclic) bond motifs is 1. The zero-order valence-corrected chi connectivity index (χ0v) is 18.4. The van der Waals surface area contributed by atoms with E-state index >= 15 is 0 Å². The van der Waals surface area contributed by atoms with Crippen molar-refractivity contribution >= 4 is 5.97 Å². The second-order valence-electron chi connectivity index (χ2n) is 8.17. The van der Waals surface area contributed by atoms with Gasteiger partial charge in [0, 0.05) is 13.1 Å². The Kier molecular flexibility index (Phi) is 7.07. The van der Waals surface area contributed by atoms with Crippen LogP contribution in [-0.2, 0) is 13.1 Å². The molecule has 0 bridgehead atoms. The maximum atomic E-state index is 11.1. The first kappa shape index (κ1) is 21.9. The molecule has 5 nitrogen and oxygen atoms in total. The van der Waals surface area contributed by atoms with Gasteiger partial charge in [0.15, 0.2) is 17.6 Å². The van der Waals surface area contributed by atoms with Gasteiger partial charge in [-0.25, -0.2) is 4.79 Å². The van der Waals surface area contributed by atoms with Crippen molar-refractivity contribution in [2.75, 3.05) is 13.2 Å². The van der Waals surface area contributed by atoms with Gasteiger partial charge in [-0.1, -0.05) is 61.9 Å². The van der Waals surface area contributed by atoms with E-state index in [1.165, 1.54) is 5.56 Å². The van der Waals surface area contributed by atoms with Crippen molar-refractivity contribution in [2.24, 2.45) is 0 Å². The van der Waals surface area contributed by atoms with E-state index in [2.05, 4.69) is 36.1 Å². The Hall–Kier alpha value is -3.31. The number of rotatable bonds is 9. The number of carboxylic acid groups (broad SMARTS) is 1. The molecule has 3 aromatic rings. The van der Waals surface area contributed by atoms with Crippen molar-refractivity contribution in [2.45, 2.75) is 39.0 Å². The predicted octanol–water partition coefficient (Wildman–Crippen LogP) is 5.70. The lowest BCUT2D eigenvalue weighted by Crippen LogP contribution is -2.24. The summed E-state index contributed by atoms with van der Waals surface area (Å²) in [6.45, 7) is 5.32. The van der Waals surface area contributed by atoms with Gasteiger partial charge in [0.2, 0.25) is 0 Å². The molecule has 0 aromatic heterocycles. The smallest absolute Gasteiger partial charge is 0.335 e. The predicted molar refractivity (Wildman–Crippen MR) is 124 cm³/mol. The van der Waals surface area contributed by atoms with Gasteiger partial charge in [-0.05, 0) is 53.9 Å². The summed E-state index contributed by atoms with van der Waals surface area (Å²) in [5.41, 5.74) is 3.78. The van der Waals surface area contributed by atoms with Crippen molar-refractivity contribution in [1.82, 2.24) is 4.90 Å². The Balaban J connectivity index is 1.40. The van der Waals surface area contributed by atoms with E-state index in [1.54, 1.807) is 12.1 Å². The fourth-order valence-electron chi connectivity index (χ4n) is 3.89. The molecule has 0 amide bonds. The monoisotopic (exact) mass is 431 g/mol. The van der Waals surface area contributed by atoms with Gasteiger partial charge in [-0.3, -0.25) is 4.90 Å². The van der Waals surface area contributed by atoms with Crippen molar-refractivity contribution in [3.8, 4) is 11.5 Å². The minimum atomic E-state index is -0.893. The highest BCUT2D eigenvalue weighted by Crippen LogP contribution is 2.35. The first-order valence-corrected chi connectivity index (χ1v) is 11.1. The van der Waals surface area contributed by atoms with Gasteiger partial charge < -0.3 is 14.6 Å². The summed E-state index contributed by atoms with van der Waals surface area (Å²) in [4.78, 5) is 13.5. The fourth-order valence-corrected chi connectivity index (χ4v) is 3.89. The zero-order valence-electron chi connectivity index (χ0n) is 18.4. The highest BCUT2D eigenvalue weighted by atomic mass is 16.6. The molecule has 0 fully saturated rings. The lowest BCUT2D eigenvalue weighted by Gasteiger charge is -2.27. The van der Waals surface area contributed by atoms with Crippen LogP contribution < -0.4 is 9.47 Å². The van der Waals surface area contributed by atoms with Gasteiger partial charge in [-0.2, -0.15) is 0 Å². The van der Waals surface area contributed by atoms with Crippen LogP contribution in [0.5, 0.6) is 11.5 Å². The molecule has 1 N–H and O–H groups in total. The highest BCUT2D eigenvalue weighted by molar-refractivity contribution is 5.87. The van der Waals surface area contributed by atoms with Gasteiger partial charge >= 0.3 is 5.97 Å². The quantitative estimate of drug-likeness (QED) is 0.471. The van der Waals surface area contributed by atoms with E-state index in [4.69, 9.17) is 14.6 Å². The number of para-hydroxylation sites is 2. The Morgan fingerprint density at radius 2 is 1.56 bits per heavy atom. The molecule has 3 aromatic carbocycles. The molecule has 0 saturated carbocycles. The Morgan fingerprint density at radius 1 is 0.938 bits per heavy atom. The van der Waals surface area contributed by atoms with Crippen molar-refractivity contribution in [3.05, 3.63) is 95.1 Å². The molecule has 0 unspecified atom stereocenters. The summed E-state index contributed by atoms with van der Waals surface area (Å²) in [6.07, 6.45) is 2.15. The van der Waals surface area contributed by atoms with Gasteiger partial charge in [-0.15, -0.1) is 0 Å². The van der Waals surface area contributed by atoms with Gasteiger partial charge in [0.05, 0.1) is 5.56 Å². The summed E-state index contributed by atoms with van der Waals surface area (Å²) in [5, 5.41) is 9.11. The summed E-state index contributed by atoms with van der Waals surface area (Å²) in [6, 6.07) is 23.5. The van der Waals surface area contributed by atoms with Crippen molar-refractivity contribution in [1.29, 1.82) is 0 Å². The number of carbonyl (C=O) groups is 1. The number of nitrogens with zero attached hydrogens (tertiary/aromatic N) is 1. The molecule has 0 aliphatic carbocycles. The zero-order chi connectivity index (χ0) is 22.3. The topological polar surface area (TPSA) is 59.0 Å². The molecule has 5 heteroatoms. The highest BCUT2D eigenvalue weighted by Gasteiger charge is 2.22. The van der Waals surface area contributed by atoms with Crippen LogP contribution in [-0.4, -0.2) is 29.1 Å². The second kappa shape index (κ2) is 10.3. The van der Waals surface area contributed by atoms with E-state index in [0.717, 1.165) is 55.1 Å². The summed E-state index contributed by atoms with van der Waals surface area (Å²) >= 11 is 0. The minimum Gasteiger partial charge on any atom is -0.485 e. The number of unbranched alkanes of at least 4 members (excludes halogenated alkanes) is 1. The maximum Gasteiger partial charge on any atom is 0.335 e. The molecule has 4 rings (SSSR count). The molecule has 1 atom stereocenters. The molecule has 1 aliphatic heterocycles. The maximum absolute atomic E-state index is 11.1. The number of carboxylic acids is 1. The molecule has 166 valence electrons.